The van der Waals surface area contributed by atoms with E-state index in [1.807, 2.05) is 17.0 Å². The minimum atomic E-state index is -0.420. The van der Waals surface area contributed by atoms with E-state index in [1.165, 1.54) is 7.11 Å². The van der Waals surface area contributed by atoms with Gasteiger partial charge in [0, 0.05) is 31.7 Å². The second kappa shape index (κ2) is 8.81. The molecule has 0 saturated carbocycles. The largest absolute Gasteiger partial charge is 0.495 e. The second-order valence-electron chi connectivity index (χ2n) is 6.99. The van der Waals surface area contributed by atoms with Gasteiger partial charge in [-0.1, -0.05) is 11.3 Å². The molecule has 1 fully saturated rings. The molecule has 0 N–H and O–H groups in total. The van der Waals surface area contributed by atoms with Gasteiger partial charge in [0.2, 0.25) is 0 Å². The molecule has 162 valence electrons. The predicted molar refractivity (Wildman–Crippen MR) is 119 cm³/mol. The first kappa shape index (κ1) is 20.9. The summed E-state index contributed by atoms with van der Waals surface area (Å²) in [6.45, 7) is 2.52. The summed E-state index contributed by atoms with van der Waals surface area (Å²) < 4.78 is 16.6. The third-order valence-electron chi connectivity index (χ3n) is 5.29. The summed E-state index contributed by atoms with van der Waals surface area (Å²) in [6, 6.07) is 10.3. The molecule has 2 aromatic carbocycles. The first-order valence-corrected chi connectivity index (χ1v) is 10.6. The highest BCUT2D eigenvalue weighted by Gasteiger charge is 2.25. The number of rotatable bonds is 5. The van der Waals surface area contributed by atoms with Gasteiger partial charge in [0.1, 0.15) is 21.7 Å². The summed E-state index contributed by atoms with van der Waals surface area (Å²) in [4.78, 5) is 33.2. The van der Waals surface area contributed by atoms with Crippen molar-refractivity contribution in [1.82, 2.24) is 9.88 Å². The summed E-state index contributed by atoms with van der Waals surface area (Å²) in [5.74, 6) is 1.01. The standard InChI is InChI=1S/C22H23N3O5S/c1-28-16-8-9-17(29-2)19-18(16)23-22(31-19)25-12-10-24(11-13-25)20(26)14-4-6-15(7-5-14)21(27)30-3/h4-9H,10-13H2,1-3H3. The van der Waals surface area contributed by atoms with Gasteiger partial charge in [0.25, 0.3) is 5.91 Å². The van der Waals surface area contributed by atoms with E-state index in [0.717, 1.165) is 21.1 Å². The van der Waals surface area contributed by atoms with Crippen LogP contribution in [-0.4, -0.2) is 69.3 Å². The third-order valence-corrected chi connectivity index (χ3v) is 6.42. The molecule has 1 aliphatic rings. The Kier molecular flexibility index (Phi) is 5.94. The van der Waals surface area contributed by atoms with Crippen LogP contribution in [0.15, 0.2) is 36.4 Å². The molecule has 0 spiro atoms. The lowest BCUT2D eigenvalue weighted by molar-refractivity contribution is 0.0599. The number of carbonyl (C=O) groups is 2. The van der Waals surface area contributed by atoms with Crippen molar-refractivity contribution in [2.75, 3.05) is 52.4 Å². The molecular formula is C22H23N3O5S. The molecule has 0 unspecified atom stereocenters. The van der Waals surface area contributed by atoms with Gasteiger partial charge in [-0.25, -0.2) is 9.78 Å². The second-order valence-corrected chi connectivity index (χ2v) is 7.97. The Labute approximate surface area is 183 Å². The smallest absolute Gasteiger partial charge is 0.337 e. The van der Waals surface area contributed by atoms with E-state index in [1.54, 1.807) is 49.8 Å². The van der Waals surface area contributed by atoms with Gasteiger partial charge < -0.3 is 24.0 Å². The minimum Gasteiger partial charge on any atom is -0.495 e. The molecule has 9 heteroatoms. The van der Waals surface area contributed by atoms with Crippen molar-refractivity contribution in [2.45, 2.75) is 0 Å². The summed E-state index contributed by atoms with van der Waals surface area (Å²) in [5, 5.41) is 0.882. The number of anilines is 1. The predicted octanol–water partition coefficient (Wildman–Crippen LogP) is 3.06. The van der Waals surface area contributed by atoms with E-state index in [4.69, 9.17) is 19.2 Å². The summed E-state index contributed by atoms with van der Waals surface area (Å²) >= 11 is 1.56. The van der Waals surface area contributed by atoms with Crippen LogP contribution in [0.2, 0.25) is 0 Å². The van der Waals surface area contributed by atoms with Crippen molar-refractivity contribution in [1.29, 1.82) is 0 Å². The highest BCUT2D eigenvalue weighted by atomic mass is 32.1. The molecule has 2 heterocycles. The minimum absolute atomic E-state index is 0.0521. The number of benzene rings is 2. The Morgan fingerprint density at radius 1 is 0.871 bits per heavy atom. The maximum Gasteiger partial charge on any atom is 0.337 e. The molecule has 4 rings (SSSR count). The molecule has 3 aromatic rings. The number of ether oxygens (including phenoxy) is 3. The Balaban J connectivity index is 1.46. The van der Waals surface area contributed by atoms with E-state index >= 15 is 0 Å². The Morgan fingerprint density at radius 3 is 2.10 bits per heavy atom. The molecule has 1 aromatic heterocycles. The van der Waals surface area contributed by atoms with E-state index in [9.17, 15) is 9.59 Å². The number of piperazine rings is 1. The fourth-order valence-corrected chi connectivity index (χ4v) is 4.69. The van der Waals surface area contributed by atoms with Crippen molar-refractivity contribution < 1.29 is 23.8 Å². The highest BCUT2D eigenvalue weighted by Crippen LogP contribution is 2.40. The van der Waals surface area contributed by atoms with Crippen LogP contribution < -0.4 is 14.4 Å². The first-order valence-electron chi connectivity index (χ1n) is 9.80. The van der Waals surface area contributed by atoms with E-state index in [0.29, 0.717) is 43.1 Å². The maximum atomic E-state index is 12.8. The summed E-state index contributed by atoms with van der Waals surface area (Å²) in [7, 11) is 4.60. The van der Waals surface area contributed by atoms with Gasteiger partial charge in [0.15, 0.2) is 5.13 Å². The average Bonchev–Trinajstić information content (AvgIpc) is 3.28. The van der Waals surface area contributed by atoms with Gasteiger partial charge in [-0.05, 0) is 36.4 Å². The lowest BCUT2D eigenvalue weighted by atomic mass is 10.1. The van der Waals surface area contributed by atoms with Gasteiger partial charge >= 0.3 is 5.97 Å². The lowest BCUT2D eigenvalue weighted by Gasteiger charge is -2.34. The molecule has 0 atom stereocenters. The average molecular weight is 442 g/mol. The quantitative estimate of drug-likeness (QED) is 0.563. The van der Waals surface area contributed by atoms with E-state index < -0.39 is 5.97 Å². The van der Waals surface area contributed by atoms with E-state index in [-0.39, 0.29) is 5.91 Å². The zero-order valence-electron chi connectivity index (χ0n) is 17.6. The summed E-state index contributed by atoms with van der Waals surface area (Å²) in [6.07, 6.45) is 0. The van der Waals surface area contributed by atoms with Gasteiger partial charge in [-0.3, -0.25) is 4.79 Å². The Morgan fingerprint density at radius 2 is 1.48 bits per heavy atom. The SMILES string of the molecule is COC(=O)c1ccc(C(=O)N2CCN(c3nc4c(OC)ccc(OC)c4s3)CC2)cc1. The highest BCUT2D eigenvalue weighted by molar-refractivity contribution is 7.22. The number of hydrogen-bond donors (Lipinski definition) is 0. The number of carbonyl (C=O) groups excluding carboxylic acids is 2. The van der Waals surface area contributed by atoms with Gasteiger partial charge in [-0.15, -0.1) is 0 Å². The van der Waals surface area contributed by atoms with Crippen molar-refractivity contribution >= 4 is 38.6 Å². The van der Waals surface area contributed by atoms with Gasteiger partial charge in [0.05, 0.1) is 26.9 Å². The zero-order chi connectivity index (χ0) is 22.0. The van der Waals surface area contributed by atoms with Crippen LogP contribution in [0.1, 0.15) is 20.7 Å². The molecule has 0 aliphatic carbocycles. The zero-order valence-corrected chi connectivity index (χ0v) is 18.4. The molecular weight excluding hydrogens is 418 g/mol. The number of fused-ring (bicyclic) bond motifs is 1. The van der Waals surface area contributed by atoms with Crippen LogP contribution in [0.3, 0.4) is 0 Å². The van der Waals surface area contributed by atoms with Crippen molar-refractivity contribution in [3.8, 4) is 11.5 Å². The normalized spacial score (nSPS) is 13.9. The fraction of sp³-hybridized carbons (Fsp3) is 0.318. The first-order chi connectivity index (χ1) is 15.0. The fourth-order valence-electron chi connectivity index (χ4n) is 3.56. The van der Waals surface area contributed by atoms with Gasteiger partial charge in [-0.2, -0.15) is 0 Å². The number of thiazole rings is 1. The number of methoxy groups -OCH3 is 3. The number of amides is 1. The van der Waals surface area contributed by atoms with Crippen molar-refractivity contribution in [3.05, 3.63) is 47.5 Å². The molecule has 1 amide bonds. The maximum absolute atomic E-state index is 12.8. The van der Waals surface area contributed by atoms with Crippen LogP contribution in [0, 0.1) is 0 Å². The Hall–Kier alpha value is -3.33. The topological polar surface area (TPSA) is 81.2 Å². The van der Waals surface area contributed by atoms with Crippen LogP contribution in [0.4, 0.5) is 5.13 Å². The Bertz CT molecular complexity index is 1060. The molecule has 1 saturated heterocycles. The third kappa shape index (κ3) is 4.00. The molecule has 0 bridgehead atoms. The van der Waals surface area contributed by atoms with Crippen LogP contribution in [0.5, 0.6) is 11.5 Å². The monoisotopic (exact) mass is 441 g/mol. The van der Waals surface area contributed by atoms with Crippen LogP contribution in [0.25, 0.3) is 10.2 Å². The van der Waals surface area contributed by atoms with Crippen LogP contribution >= 0.6 is 11.3 Å². The summed E-state index contributed by atoms with van der Waals surface area (Å²) in [5.41, 5.74) is 1.76. The van der Waals surface area contributed by atoms with Crippen LogP contribution in [-0.2, 0) is 4.74 Å². The number of hydrogen-bond acceptors (Lipinski definition) is 8. The van der Waals surface area contributed by atoms with Crippen molar-refractivity contribution in [2.24, 2.45) is 0 Å². The van der Waals surface area contributed by atoms with Crippen molar-refractivity contribution in [3.63, 3.8) is 0 Å². The molecule has 1 aliphatic heterocycles. The van der Waals surface area contributed by atoms with E-state index in [2.05, 4.69) is 4.90 Å². The molecule has 31 heavy (non-hydrogen) atoms. The molecule has 8 nitrogen and oxygen atoms in total. The number of aromatic nitrogens is 1. The number of esters is 1. The molecule has 0 radical (unpaired) electrons. The lowest BCUT2D eigenvalue weighted by Crippen LogP contribution is -2.48. The number of nitrogens with zero attached hydrogens (tertiary/aromatic N) is 3.